The van der Waals surface area contributed by atoms with Gasteiger partial charge in [0.15, 0.2) is 0 Å². The second-order valence-corrected chi connectivity index (χ2v) is 3.35. The maximum absolute atomic E-state index is 3.61. The Balaban J connectivity index is 2.90. The zero-order valence-electron chi connectivity index (χ0n) is 7.06. The first kappa shape index (κ1) is 11.0. The molecular weight excluding hydrogens is 200 g/mol. The van der Waals surface area contributed by atoms with Crippen LogP contribution < -0.4 is 0 Å². The van der Waals surface area contributed by atoms with Crippen LogP contribution in [0.3, 0.4) is 0 Å². The first-order valence-electron chi connectivity index (χ1n) is 4.25. The van der Waals surface area contributed by atoms with Crippen molar-refractivity contribution in [1.82, 2.24) is 0 Å². The standard InChI is InChI=1S/C10H17Br/c1-2-3-4-5-6-7-8-9-10-11/h2-4H,1,5-10H2/b4-3+. The minimum atomic E-state index is 1.15. The van der Waals surface area contributed by atoms with Crippen molar-refractivity contribution in [3.8, 4) is 0 Å². The summed E-state index contributed by atoms with van der Waals surface area (Å²) in [5, 5.41) is 1.15. The van der Waals surface area contributed by atoms with Crippen LogP contribution in [0.15, 0.2) is 24.8 Å². The number of hydrogen-bond donors (Lipinski definition) is 0. The van der Waals surface area contributed by atoms with Crippen LogP contribution in [0.2, 0.25) is 0 Å². The molecule has 0 saturated heterocycles. The number of unbranched alkanes of at least 4 members (excludes halogenated alkanes) is 4. The van der Waals surface area contributed by atoms with Crippen molar-refractivity contribution >= 4 is 15.9 Å². The van der Waals surface area contributed by atoms with Gasteiger partial charge >= 0.3 is 0 Å². The van der Waals surface area contributed by atoms with Gasteiger partial charge in [0.25, 0.3) is 0 Å². The van der Waals surface area contributed by atoms with Gasteiger partial charge in [0.1, 0.15) is 0 Å². The molecule has 1 heteroatoms. The Morgan fingerprint density at radius 3 is 2.45 bits per heavy atom. The van der Waals surface area contributed by atoms with E-state index >= 15 is 0 Å². The molecular formula is C10H17Br. The predicted molar refractivity (Wildman–Crippen MR) is 56.2 cm³/mol. The van der Waals surface area contributed by atoms with Crippen molar-refractivity contribution in [2.75, 3.05) is 5.33 Å². The molecule has 0 spiro atoms. The zero-order chi connectivity index (χ0) is 8.36. The number of allylic oxidation sites excluding steroid dienone is 3. The van der Waals surface area contributed by atoms with Crippen LogP contribution in [0.1, 0.15) is 32.1 Å². The fourth-order valence-electron chi connectivity index (χ4n) is 0.903. The molecule has 0 N–H and O–H groups in total. The molecule has 0 unspecified atom stereocenters. The molecule has 0 aromatic rings. The largest absolute Gasteiger partial charge is 0.0991 e. The molecule has 0 saturated carbocycles. The maximum Gasteiger partial charge on any atom is 0.00313 e. The van der Waals surface area contributed by atoms with Crippen LogP contribution in [0, 0.1) is 0 Å². The van der Waals surface area contributed by atoms with E-state index in [-0.39, 0.29) is 0 Å². The Kier molecular flexibility index (Phi) is 9.92. The van der Waals surface area contributed by atoms with Gasteiger partial charge in [-0.3, -0.25) is 0 Å². The molecule has 0 aliphatic heterocycles. The van der Waals surface area contributed by atoms with E-state index in [1.54, 1.807) is 0 Å². The molecule has 11 heavy (non-hydrogen) atoms. The fraction of sp³-hybridized carbons (Fsp3) is 0.600. The van der Waals surface area contributed by atoms with E-state index in [2.05, 4.69) is 28.6 Å². The Morgan fingerprint density at radius 2 is 1.82 bits per heavy atom. The van der Waals surface area contributed by atoms with Gasteiger partial charge < -0.3 is 0 Å². The van der Waals surface area contributed by atoms with Crippen LogP contribution in [0.25, 0.3) is 0 Å². The third kappa shape index (κ3) is 9.96. The quantitative estimate of drug-likeness (QED) is 0.342. The smallest absolute Gasteiger partial charge is 0.00313 e. The molecule has 0 aliphatic rings. The van der Waals surface area contributed by atoms with E-state index in [1.165, 1.54) is 32.1 Å². The summed E-state index contributed by atoms with van der Waals surface area (Å²) < 4.78 is 0. The highest BCUT2D eigenvalue weighted by atomic mass is 79.9. The minimum absolute atomic E-state index is 1.15. The Morgan fingerprint density at radius 1 is 1.09 bits per heavy atom. The monoisotopic (exact) mass is 216 g/mol. The summed E-state index contributed by atoms with van der Waals surface area (Å²) in [6.07, 6.45) is 12.6. The second kappa shape index (κ2) is 9.96. The molecule has 0 atom stereocenters. The van der Waals surface area contributed by atoms with Gasteiger partial charge in [0.2, 0.25) is 0 Å². The van der Waals surface area contributed by atoms with E-state index in [1.807, 2.05) is 12.2 Å². The lowest BCUT2D eigenvalue weighted by molar-refractivity contribution is 0.679. The summed E-state index contributed by atoms with van der Waals surface area (Å²) in [5.74, 6) is 0. The number of alkyl halides is 1. The maximum atomic E-state index is 3.61. The summed E-state index contributed by atoms with van der Waals surface area (Å²) >= 11 is 3.42. The van der Waals surface area contributed by atoms with Crippen LogP contribution in [0.5, 0.6) is 0 Å². The normalized spacial score (nSPS) is 10.6. The Labute approximate surface area is 78.5 Å². The van der Waals surface area contributed by atoms with Crippen molar-refractivity contribution in [3.63, 3.8) is 0 Å². The second-order valence-electron chi connectivity index (χ2n) is 2.56. The van der Waals surface area contributed by atoms with Gasteiger partial charge in [0, 0.05) is 5.33 Å². The fourth-order valence-corrected chi connectivity index (χ4v) is 1.30. The molecule has 0 rings (SSSR count). The van der Waals surface area contributed by atoms with E-state index in [0.717, 1.165) is 5.33 Å². The predicted octanol–water partition coefficient (Wildman–Crippen LogP) is 4.07. The first-order chi connectivity index (χ1) is 5.41. The van der Waals surface area contributed by atoms with E-state index in [0.29, 0.717) is 0 Å². The van der Waals surface area contributed by atoms with Crippen LogP contribution in [0.4, 0.5) is 0 Å². The SMILES string of the molecule is C=C/C=C/CCCCCCBr. The Hall–Kier alpha value is -0.0400. The lowest BCUT2D eigenvalue weighted by Crippen LogP contribution is -1.77. The molecule has 0 aliphatic carbocycles. The summed E-state index contributed by atoms with van der Waals surface area (Å²) in [4.78, 5) is 0. The van der Waals surface area contributed by atoms with E-state index < -0.39 is 0 Å². The molecule has 0 aromatic carbocycles. The van der Waals surface area contributed by atoms with E-state index in [4.69, 9.17) is 0 Å². The van der Waals surface area contributed by atoms with Gasteiger partial charge in [-0.2, -0.15) is 0 Å². The summed E-state index contributed by atoms with van der Waals surface area (Å²) in [6.45, 7) is 3.61. The van der Waals surface area contributed by atoms with Crippen LogP contribution in [-0.4, -0.2) is 5.33 Å². The lowest BCUT2D eigenvalue weighted by Gasteiger charge is -1.94. The average molecular weight is 217 g/mol. The molecule has 0 aromatic heterocycles. The van der Waals surface area contributed by atoms with Gasteiger partial charge in [-0.15, -0.1) is 0 Å². The van der Waals surface area contributed by atoms with Gasteiger partial charge in [0.05, 0.1) is 0 Å². The summed E-state index contributed by atoms with van der Waals surface area (Å²) in [6, 6.07) is 0. The molecule has 0 heterocycles. The summed E-state index contributed by atoms with van der Waals surface area (Å²) in [7, 11) is 0. The topological polar surface area (TPSA) is 0 Å². The molecule has 0 amide bonds. The third-order valence-electron chi connectivity index (χ3n) is 1.53. The number of rotatable bonds is 7. The third-order valence-corrected chi connectivity index (χ3v) is 2.09. The van der Waals surface area contributed by atoms with E-state index in [9.17, 15) is 0 Å². The highest BCUT2D eigenvalue weighted by Gasteiger charge is 1.85. The van der Waals surface area contributed by atoms with Crippen molar-refractivity contribution in [2.45, 2.75) is 32.1 Å². The van der Waals surface area contributed by atoms with Crippen molar-refractivity contribution in [1.29, 1.82) is 0 Å². The van der Waals surface area contributed by atoms with Crippen LogP contribution >= 0.6 is 15.9 Å². The first-order valence-corrected chi connectivity index (χ1v) is 5.37. The number of halogens is 1. The minimum Gasteiger partial charge on any atom is -0.0991 e. The van der Waals surface area contributed by atoms with Crippen LogP contribution in [-0.2, 0) is 0 Å². The molecule has 0 nitrogen and oxygen atoms in total. The molecule has 0 fully saturated rings. The van der Waals surface area contributed by atoms with Crippen molar-refractivity contribution in [2.24, 2.45) is 0 Å². The molecule has 64 valence electrons. The van der Waals surface area contributed by atoms with Gasteiger partial charge in [-0.1, -0.05) is 53.6 Å². The lowest BCUT2D eigenvalue weighted by atomic mass is 10.1. The van der Waals surface area contributed by atoms with Crippen molar-refractivity contribution < 1.29 is 0 Å². The molecule has 0 bridgehead atoms. The Bertz CT molecular complexity index is 105. The average Bonchev–Trinajstić information content (AvgIpc) is 2.03. The number of hydrogen-bond acceptors (Lipinski definition) is 0. The zero-order valence-corrected chi connectivity index (χ0v) is 8.65. The summed E-state index contributed by atoms with van der Waals surface area (Å²) in [5.41, 5.74) is 0. The van der Waals surface area contributed by atoms with Gasteiger partial charge in [-0.25, -0.2) is 0 Å². The van der Waals surface area contributed by atoms with Crippen molar-refractivity contribution in [3.05, 3.63) is 24.8 Å². The highest BCUT2D eigenvalue weighted by Crippen LogP contribution is 2.04. The molecule has 0 radical (unpaired) electrons. The van der Waals surface area contributed by atoms with Gasteiger partial charge in [-0.05, 0) is 19.3 Å². The highest BCUT2D eigenvalue weighted by molar-refractivity contribution is 9.09.